The van der Waals surface area contributed by atoms with Crippen molar-refractivity contribution in [1.82, 2.24) is 4.72 Å². The van der Waals surface area contributed by atoms with Crippen molar-refractivity contribution in [2.24, 2.45) is 0 Å². The van der Waals surface area contributed by atoms with Crippen molar-refractivity contribution in [3.05, 3.63) is 58.3 Å². The molecule has 1 amide bonds. The average molecular weight is 463 g/mol. The number of hydrogen-bond donors (Lipinski definition) is 2. The van der Waals surface area contributed by atoms with Gasteiger partial charge in [-0.3, -0.25) is 9.59 Å². The van der Waals surface area contributed by atoms with Crippen LogP contribution in [0, 0.1) is 5.82 Å². The summed E-state index contributed by atoms with van der Waals surface area (Å²) < 4.78 is 45.4. The Hall–Kier alpha value is -2.20. The number of amides is 1. The summed E-state index contributed by atoms with van der Waals surface area (Å²) in [6, 6.07) is 7.71. The molecule has 0 spiro atoms. The van der Waals surface area contributed by atoms with Crippen molar-refractivity contribution >= 4 is 50.8 Å². The monoisotopic (exact) mass is 462 g/mol. The van der Waals surface area contributed by atoms with E-state index in [4.69, 9.17) is 27.9 Å². The highest BCUT2D eigenvalue weighted by Crippen LogP contribution is 2.19. The molecule has 29 heavy (non-hydrogen) atoms. The molecule has 0 aliphatic rings. The number of anilines is 1. The topological polar surface area (TPSA) is 102 Å². The lowest BCUT2D eigenvalue weighted by atomic mass is 10.2. The fourth-order valence-electron chi connectivity index (χ4n) is 2.12. The van der Waals surface area contributed by atoms with Crippen LogP contribution in [0.1, 0.15) is 13.8 Å². The van der Waals surface area contributed by atoms with E-state index < -0.39 is 39.9 Å². The molecule has 156 valence electrons. The normalized spacial score (nSPS) is 13.4. The fourth-order valence-corrected chi connectivity index (χ4v) is 3.59. The maximum absolute atomic E-state index is 13.7. The first-order valence-electron chi connectivity index (χ1n) is 8.24. The van der Waals surface area contributed by atoms with Crippen molar-refractivity contribution in [2.45, 2.75) is 30.9 Å². The zero-order valence-electron chi connectivity index (χ0n) is 15.3. The molecule has 0 aliphatic carbocycles. The second kappa shape index (κ2) is 9.53. The highest BCUT2D eigenvalue weighted by molar-refractivity contribution is 7.89. The molecule has 2 atom stereocenters. The van der Waals surface area contributed by atoms with E-state index in [1.165, 1.54) is 50.2 Å². The van der Waals surface area contributed by atoms with Gasteiger partial charge in [-0.25, -0.2) is 12.8 Å². The summed E-state index contributed by atoms with van der Waals surface area (Å²) >= 11 is 11.4. The molecule has 2 aromatic carbocycles. The molecule has 7 nitrogen and oxygen atoms in total. The third kappa shape index (κ3) is 6.40. The Morgan fingerprint density at radius 2 is 1.62 bits per heavy atom. The maximum atomic E-state index is 13.7. The van der Waals surface area contributed by atoms with Gasteiger partial charge in [0.15, 0.2) is 6.10 Å². The van der Waals surface area contributed by atoms with Crippen LogP contribution in [-0.2, 0) is 24.3 Å². The van der Waals surface area contributed by atoms with Gasteiger partial charge in [0.1, 0.15) is 11.9 Å². The molecule has 0 aliphatic heterocycles. The molecule has 0 heterocycles. The summed E-state index contributed by atoms with van der Waals surface area (Å²) in [5.41, 5.74) is -0.140. The van der Waals surface area contributed by atoms with E-state index in [-0.39, 0.29) is 15.6 Å². The van der Waals surface area contributed by atoms with Crippen LogP contribution in [-0.4, -0.2) is 32.4 Å². The number of benzene rings is 2. The van der Waals surface area contributed by atoms with Crippen LogP contribution in [0.3, 0.4) is 0 Å². The van der Waals surface area contributed by atoms with Gasteiger partial charge < -0.3 is 10.1 Å². The van der Waals surface area contributed by atoms with Gasteiger partial charge in [0.2, 0.25) is 10.0 Å². The highest BCUT2D eigenvalue weighted by Gasteiger charge is 2.26. The van der Waals surface area contributed by atoms with E-state index in [2.05, 4.69) is 10.0 Å². The predicted octanol–water partition coefficient (Wildman–Crippen LogP) is 3.37. The SMILES string of the molecule is CC(OC(=O)[C@H](C)NS(=O)(=O)c1ccc(Cl)cc1)C(=O)Nc1ccc(Cl)cc1F. The number of carbonyl (C=O) groups is 2. The molecule has 11 heteroatoms. The number of carbonyl (C=O) groups excluding carboxylic acids is 2. The standard InChI is InChI=1S/C18H17Cl2FN2O5S/c1-10(23-29(26,27)14-6-3-12(19)4-7-14)18(25)28-11(2)17(24)22-16-8-5-13(20)9-15(16)21/h3-11,23H,1-2H3,(H,22,24)/t10-,11?/m0/s1. The van der Waals surface area contributed by atoms with E-state index in [1.54, 1.807) is 0 Å². The Kier molecular flexibility index (Phi) is 7.59. The molecule has 0 saturated heterocycles. The van der Waals surface area contributed by atoms with Crippen LogP contribution in [0.4, 0.5) is 10.1 Å². The van der Waals surface area contributed by atoms with Crippen LogP contribution in [0.5, 0.6) is 0 Å². The van der Waals surface area contributed by atoms with Gasteiger partial charge in [-0.15, -0.1) is 0 Å². The van der Waals surface area contributed by atoms with Crippen molar-refractivity contribution in [3.63, 3.8) is 0 Å². The maximum Gasteiger partial charge on any atom is 0.324 e. The lowest BCUT2D eigenvalue weighted by molar-refractivity contribution is -0.154. The molecular weight excluding hydrogens is 446 g/mol. The lowest BCUT2D eigenvalue weighted by Gasteiger charge is -2.18. The van der Waals surface area contributed by atoms with Gasteiger partial charge in [0, 0.05) is 10.0 Å². The quantitative estimate of drug-likeness (QED) is 0.614. The summed E-state index contributed by atoms with van der Waals surface area (Å²) in [5, 5.41) is 2.77. The minimum absolute atomic E-state index is 0.0921. The van der Waals surface area contributed by atoms with E-state index in [0.717, 1.165) is 6.07 Å². The highest BCUT2D eigenvalue weighted by atomic mass is 35.5. The van der Waals surface area contributed by atoms with Gasteiger partial charge in [0.05, 0.1) is 10.6 Å². The zero-order chi connectivity index (χ0) is 21.8. The summed E-state index contributed by atoms with van der Waals surface area (Å²) in [6.07, 6.45) is -1.31. The molecule has 0 aromatic heterocycles. The Morgan fingerprint density at radius 1 is 1.03 bits per heavy atom. The minimum atomic E-state index is -4.01. The number of ether oxygens (including phenoxy) is 1. The molecule has 0 saturated carbocycles. The van der Waals surface area contributed by atoms with Crippen LogP contribution in [0.25, 0.3) is 0 Å². The molecule has 0 fully saturated rings. The van der Waals surface area contributed by atoms with Gasteiger partial charge in [-0.1, -0.05) is 23.2 Å². The summed E-state index contributed by atoms with van der Waals surface area (Å²) in [5.74, 6) is -2.54. The molecule has 0 radical (unpaired) electrons. The van der Waals surface area contributed by atoms with E-state index in [9.17, 15) is 22.4 Å². The Balaban J connectivity index is 1.97. The molecule has 2 rings (SSSR count). The molecule has 2 aromatic rings. The summed E-state index contributed by atoms with van der Waals surface area (Å²) in [6.45, 7) is 2.53. The third-order valence-electron chi connectivity index (χ3n) is 3.66. The van der Waals surface area contributed by atoms with Gasteiger partial charge in [0.25, 0.3) is 5.91 Å². The number of halogens is 3. The smallest absolute Gasteiger partial charge is 0.324 e. The van der Waals surface area contributed by atoms with Crippen LogP contribution in [0.2, 0.25) is 10.0 Å². The second-order valence-electron chi connectivity index (χ2n) is 5.99. The Bertz CT molecular complexity index is 1020. The molecule has 0 bridgehead atoms. The van der Waals surface area contributed by atoms with E-state index in [0.29, 0.717) is 5.02 Å². The Morgan fingerprint density at radius 3 is 2.21 bits per heavy atom. The van der Waals surface area contributed by atoms with E-state index >= 15 is 0 Å². The predicted molar refractivity (Wildman–Crippen MR) is 107 cm³/mol. The molecule has 1 unspecified atom stereocenters. The number of sulfonamides is 1. The van der Waals surface area contributed by atoms with Crippen LogP contribution < -0.4 is 10.0 Å². The third-order valence-corrected chi connectivity index (χ3v) is 5.70. The molecular formula is C18H17Cl2FN2O5S. The second-order valence-corrected chi connectivity index (χ2v) is 8.58. The van der Waals surface area contributed by atoms with Crippen molar-refractivity contribution in [3.8, 4) is 0 Å². The first-order chi connectivity index (χ1) is 13.5. The van der Waals surface area contributed by atoms with Crippen molar-refractivity contribution in [2.75, 3.05) is 5.32 Å². The van der Waals surface area contributed by atoms with Gasteiger partial charge in [-0.2, -0.15) is 4.72 Å². The number of hydrogen-bond acceptors (Lipinski definition) is 5. The zero-order valence-corrected chi connectivity index (χ0v) is 17.6. The van der Waals surface area contributed by atoms with Gasteiger partial charge >= 0.3 is 5.97 Å². The Labute approximate surface area is 177 Å². The first kappa shape index (κ1) is 23.1. The fraction of sp³-hybridized carbons (Fsp3) is 0.222. The summed E-state index contributed by atoms with van der Waals surface area (Å²) in [4.78, 5) is 24.2. The molecule has 2 N–H and O–H groups in total. The number of nitrogens with one attached hydrogen (secondary N) is 2. The minimum Gasteiger partial charge on any atom is -0.451 e. The van der Waals surface area contributed by atoms with Crippen molar-refractivity contribution < 1.29 is 27.1 Å². The number of esters is 1. The van der Waals surface area contributed by atoms with Crippen molar-refractivity contribution in [1.29, 1.82) is 0 Å². The van der Waals surface area contributed by atoms with Crippen LogP contribution in [0.15, 0.2) is 47.4 Å². The van der Waals surface area contributed by atoms with Crippen LogP contribution >= 0.6 is 23.2 Å². The largest absolute Gasteiger partial charge is 0.451 e. The van der Waals surface area contributed by atoms with Gasteiger partial charge in [-0.05, 0) is 56.3 Å². The average Bonchev–Trinajstić information content (AvgIpc) is 2.63. The summed E-state index contributed by atoms with van der Waals surface area (Å²) in [7, 11) is -4.01. The number of rotatable bonds is 7. The lowest BCUT2D eigenvalue weighted by Crippen LogP contribution is -2.42. The first-order valence-corrected chi connectivity index (χ1v) is 10.5. The van der Waals surface area contributed by atoms with E-state index in [1.807, 2.05) is 0 Å².